The molecule has 0 radical (unpaired) electrons. The Hall–Kier alpha value is -3.50. The van der Waals surface area contributed by atoms with Crippen LogP contribution in [0.3, 0.4) is 0 Å². The highest BCUT2D eigenvalue weighted by atomic mass is 16.5. The van der Waals surface area contributed by atoms with Gasteiger partial charge in [-0.3, -0.25) is 4.79 Å². The van der Waals surface area contributed by atoms with Gasteiger partial charge < -0.3 is 29.9 Å². The first kappa shape index (κ1) is 26.6. The molecular weight excluding hydrogens is 476 g/mol. The van der Waals surface area contributed by atoms with Crippen LogP contribution in [-0.2, 0) is 11.2 Å². The van der Waals surface area contributed by atoms with E-state index < -0.39 is 18.1 Å². The van der Waals surface area contributed by atoms with Crippen molar-refractivity contribution < 1.29 is 29.0 Å². The van der Waals surface area contributed by atoms with Crippen molar-refractivity contribution in [1.82, 2.24) is 15.1 Å². The van der Waals surface area contributed by atoms with Gasteiger partial charge in [-0.15, -0.1) is 0 Å². The molecule has 1 aliphatic rings. The van der Waals surface area contributed by atoms with E-state index in [1.165, 1.54) is 12.8 Å². The minimum Gasteiger partial charge on any atom is -0.490 e. The minimum absolute atomic E-state index is 0.0879. The Morgan fingerprint density at radius 2 is 1.92 bits per heavy atom. The van der Waals surface area contributed by atoms with Crippen LogP contribution in [0.1, 0.15) is 61.8 Å². The maximum atomic E-state index is 11.0. The number of amides is 1. The monoisotopic (exact) mass is 510 g/mol. The second kappa shape index (κ2) is 11.7. The quantitative estimate of drug-likeness (QED) is 0.352. The Labute approximate surface area is 215 Å². The summed E-state index contributed by atoms with van der Waals surface area (Å²) < 4.78 is 16.9. The second-order valence-electron chi connectivity index (χ2n) is 9.48. The van der Waals surface area contributed by atoms with Gasteiger partial charge in [-0.2, -0.15) is 4.98 Å². The summed E-state index contributed by atoms with van der Waals surface area (Å²) in [7, 11) is 1.60. The highest BCUT2D eigenvalue weighted by Gasteiger charge is 2.22. The number of ether oxygens (including phenoxy) is 2. The molecule has 2 atom stereocenters. The zero-order chi connectivity index (χ0) is 26.5. The lowest BCUT2D eigenvalue weighted by molar-refractivity contribution is -0.127. The summed E-state index contributed by atoms with van der Waals surface area (Å²) in [5.74, 6) is 1.53. The Kier molecular flexibility index (Phi) is 8.40. The third-order valence-electron chi connectivity index (χ3n) is 6.71. The lowest BCUT2D eigenvalue weighted by atomic mass is 10.0. The lowest BCUT2D eigenvalue weighted by Crippen LogP contribution is -2.33. The molecule has 1 saturated carbocycles. The van der Waals surface area contributed by atoms with Crippen molar-refractivity contribution in [3.8, 4) is 34.5 Å². The topological polar surface area (TPSA) is 154 Å². The normalized spacial score (nSPS) is 15.5. The first-order valence-corrected chi connectivity index (χ1v) is 12.6. The van der Waals surface area contributed by atoms with Gasteiger partial charge in [0.2, 0.25) is 17.6 Å². The fourth-order valence-corrected chi connectivity index (χ4v) is 4.71. The summed E-state index contributed by atoms with van der Waals surface area (Å²) in [6.07, 6.45) is 2.65. The maximum absolute atomic E-state index is 11.0. The summed E-state index contributed by atoms with van der Waals surface area (Å²) in [5, 5.41) is 23.9. The van der Waals surface area contributed by atoms with Crippen molar-refractivity contribution in [3.05, 3.63) is 41.1 Å². The SMILES string of the molecule is CCc1cc(-c2nc(-c3cc(OC)nc(C4CCCC4)c3)no2)cc(C)c1OC[C@H](O)CC(O)C(N)=O. The first-order chi connectivity index (χ1) is 17.8. The number of benzene rings is 1. The van der Waals surface area contributed by atoms with E-state index in [2.05, 4.69) is 15.1 Å². The van der Waals surface area contributed by atoms with Crippen LogP contribution in [0, 0.1) is 6.92 Å². The number of aryl methyl sites for hydroxylation is 2. The van der Waals surface area contributed by atoms with Crippen LogP contribution >= 0.6 is 0 Å². The highest BCUT2D eigenvalue weighted by molar-refractivity contribution is 5.78. The van der Waals surface area contributed by atoms with Crippen LogP contribution in [0.2, 0.25) is 0 Å². The van der Waals surface area contributed by atoms with Gasteiger partial charge in [0.05, 0.1) is 13.2 Å². The predicted octanol–water partition coefficient (Wildman–Crippen LogP) is 3.31. The van der Waals surface area contributed by atoms with Crippen LogP contribution in [-0.4, -0.2) is 57.2 Å². The number of aliphatic hydroxyl groups excluding tert-OH is 2. The van der Waals surface area contributed by atoms with E-state index in [1.807, 2.05) is 38.1 Å². The summed E-state index contributed by atoms with van der Waals surface area (Å²) in [6, 6.07) is 7.63. The number of aromatic nitrogens is 3. The number of pyridine rings is 1. The molecule has 3 aromatic rings. The Morgan fingerprint density at radius 3 is 2.59 bits per heavy atom. The molecule has 0 bridgehead atoms. The van der Waals surface area contributed by atoms with Gasteiger partial charge >= 0.3 is 0 Å². The smallest absolute Gasteiger partial charge is 0.258 e. The third-order valence-corrected chi connectivity index (χ3v) is 6.71. The molecule has 37 heavy (non-hydrogen) atoms. The Balaban J connectivity index is 1.55. The minimum atomic E-state index is -1.42. The lowest BCUT2D eigenvalue weighted by Gasteiger charge is -2.18. The molecule has 2 aromatic heterocycles. The molecule has 4 rings (SSSR count). The standard InChI is InChI=1S/C27H34N4O6/c1-4-16-10-19(9-15(2)24(16)36-14-20(32)13-22(33)25(28)34)27-30-26(31-37-27)18-11-21(17-7-5-6-8-17)29-23(12-18)35-3/h9-12,17,20,22,32-33H,4-8,13-14H2,1-3H3,(H2,28,34)/t20-,22?/m1/s1. The zero-order valence-electron chi connectivity index (χ0n) is 21.4. The molecule has 0 saturated heterocycles. The van der Waals surface area contributed by atoms with Crippen molar-refractivity contribution in [3.63, 3.8) is 0 Å². The molecule has 0 aliphatic heterocycles. The van der Waals surface area contributed by atoms with Gasteiger partial charge in [0.15, 0.2) is 0 Å². The van der Waals surface area contributed by atoms with E-state index in [4.69, 9.17) is 19.7 Å². The third kappa shape index (κ3) is 6.26. The van der Waals surface area contributed by atoms with Crippen LogP contribution < -0.4 is 15.2 Å². The summed E-state index contributed by atoms with van der Waals surface area (Å²) in [4.78, 5) is 20.3. The molecule has 1 aromatic carbocycles. The number of aliphatic hydroxyl groups is 2. The molecule has 1 unspecified atom stereocenters. The number of primary amides is 1. The second-order valence-corrected chi connectivity index (χ2v) is 9.48. The number of carbonyl (C=O) groups is 1. The van der Waals surface area contributed by atoms with E-state index in [9.17, 15) is 15.0 Å². The molecular formula is C27H34N4O6. The zero-order valence-corrected chi connectivity index (χ0v) is 21.4. The number of hydrogen-bond donors (Lipinski definition) is 3. The van der Waals surface area contributed by atoms with Crippen molar-refractivity contribution in [2.24, 2.45) is 5.73 Å². The molecule has 10 nitrogen and oxygen atoms in total. The van der Waals surface area contributed by atoms with Gasteiger partial charge in [0, 0.05) is 35.2 Å². The molecule has 10 heteroatoms. The average Bonchev–Trinajstić information content (AvgIpc) is 3.60. The molecule has 1 fully saturated rings. The van der Waals surface area contributed by atoms with Gasteiger partial charge in [-0.05, 0) is 55.5 Å². The van der Waals surface area contributed by atoms with Gasteiger partial charge in [-0.1, -0.05) is 24.9 Å². The number of nitrogens with two attached hydrogens (primary N) is 1. The number of rotatable bonds is 11. The molecule has 2 heterocycles. The summed E-state index contributed by atoms with van der Waals surface area (Å²) >= 11 is 0. The molecule has 4 N–H and O–H groups in total. The number of methoxy groups -OCH3 is 1. The van der Waals surface area contributed by atoms with E-state index in [0.717, 1.165) is 40.8 Å². The highest BCUT2D eigenvalue weighted by Crippen LogP contribution is 2.36. The average molecular weight is 511 g/mol. The van der Waals surface area contributed by atoms with Gasteiger partial charge in [0.1, 0.15) is 18.5 Å². The Morgan fingerprint density at radius 1 is 1.16 bits per heavy atom. The number of carbonyl (C=O) groups excluding carboxylic acids is 1. The molecule has 1 aliphatic carbocycles. The number of hydrogen-bond acceptors (Lipinski definition) is 9. The van der Waals surface area contributed by atoms with Crippen molar-refractivity contribution in [2.45, 2.75) is 70.5 Å². The van der Waals surface area contributed by atoms with E-state index >= 15 is 0 Å². The fourth-order valence-electron chi connectivity index (χ4n) is 4.71. The first-order valence-electron chi connectivity index (χ1n) is 12.6. The van der Waals surface area contributed by atoms with Crippen LogP contribution in [0.5, 0.6) is 11.6 Å². The Bertz CT molecular complexity index is 1240. The summed E-state index contributed by atoms with van der Waals surface area (Å²) in [6.45, 7) is 3.79. The van der Waals surface area contributed by atoms with Gasteiger partial charge in [-0.25, -0.2) is 4.98 Å². The number of nitrogens with zero attached hydrogens (tertiary/aromatic N) is 3. The van der Waals surface area contributed by atoms with Crippen LogP contribution in [0.25, 0.3) is 22.8 Å². The largest absolute Gasteiger partial charge is 0.490 e. The van der Waals surface area contributed by atoms with Crippen molar-refractivity contribution in [2.75, 3.05) is 13.7 Å². The van der Waals surface area contributed by atoms with Crippen molar-refractivity contribution >= 4 is 5.91 Å². The van der Waals surface area contributed by atoms with Crippen LogP contribution in [0.4, 0.5) is 0 Å². The fraction of sp³-hybridized carbons (Fsp3) is 0.481. The predicted molar refractivity (Wildman–Crippen MR) is 136 cm³/mol. The molecule has 198 valence electrons. The van der Waals surface area contributed by atoms with Crippen molar-refractivity contribution in [1.29, 1.82) is 0 Å². The molecule has 1 amide bonds. The maximum Gasteiger partial charge on any atom is 0.258 e. The van der Waals surface area contributed by atoms with E-state index in [-0.39, 0.29) is 13.0 Å². The summed E-state index contributed by atoms with van der Waals surface area (Å²) in [5.41, 5.74) is 9.31. The van der Waals surface area contributed by atoms with E-state index in [0.29, 0.717) is 35.7 Å². The van der Waals surface area contributed by atoms with Gasteiger partial charge in [0.25, 0.3) is 5.89 Å². The molecule has 0 spiro atoms. The van der Waals surface area contributed by atoms with E-state index in [1.54, 1.807) is 7.11 Å². The van der Waals surface area contributed by atoms with Crippen LogP contribution in [0.15, 0.2) is 28.8 Å².